The molecule has 23 heavy (non-hydrogen) atoms. The summed E-state index contributed by atoms with van der Waals surface area (Å²) in [6.07, 6.45) is 0. The van der Waals surface area contributed by atoms with E-state index in [-0.39, 0.29) is 0 Å². The van der Waals surface area contributed by atoms with E-state index in [1.165, 1.54) is 0 Å². The lowest BCUT2D eigenvalue weighted by Gasteiger charge is -2.20. The molecule has 0 amide bonds. The van der Waals surface area contributed by atoms with E-state index in [0.717, 1.165) is 0 Å². The number of pyridine rings is 1. The lowest BCUT2D eigenvalue weighted by Crippen LogP contribution is -2.28. The quantitative estimate of drug-likeness (QED) is 0.406. The second kappa shape index (κ2) is 6.47. The summed E-state index contributed by atoms with van der Waals surface area (Å²) < 4.78 is 55.5. The first kappa shape index (κ1) is 15.6. The van der Waals surface area contributed by atoms with Gasteiger partial charge in [-0.1, -0.05) is 60.7 Å². The van der Waals surface area contributed by atoms with Crippen LogP contribution in [0.5, 0.6) is 0 Å². The van der Waals surface area contributed by atoms with Gasteiger partial charge in [0, 0.05) is 0 Å². The van der Waals surface area contributed by atoms with Crippen LogP contribution in [-0.2, 0) is 0 Å². The van der Waals surface area contributed by atoms with Gasteiger partial charge in [0.1, 0.15) is 0 Å². The van der Waals surface area contributed by atoms with Gasteiger partial charge in [0.2, 0.25) is 0 Å². The minimum absolute atomic E-state index is 0.580. The second-order valence-electron chi connectivity index (χ2n) is 4.68. The number of hydrogen-bond donors (Lipinski definition) is 0. The molecule has 0 radical (unpaired) electrons. The first-order valence-corrected chi connectivity index (χ1v) is 8.04. The van der Waals surface area contributed by atoms with Gasteiger partial charge >= 0.3 is 0 Å². The summed E-state index contributed by atoms with van der Waals surface area (Å²) in [7, 11) is -1.79. The van der Waals surface area contributed by atoms with E-state index in [0.29, 0.717) is 10.6 Å². The average molecular weight is 335 g/mol. The van der Waals surface area contributed by atoms with Gasteiger partial charge in [-0.2, -0.15) is 13.8 Å². The molecule has 3 aromatic rings. The highest BCUT2D eigenvalue weighted by atomic mass is 31.1. The van der Waals surface area contributed by atoms with E-state index >= 15 is 0 Å². The van der Waals surface area contributed by atoms with Crippen molar-refractivity contribution in [2.75, 3.05) is 0 Å². The van der Waals surface area contributed by atoms with E-state index in [2.05, 4.69) is 4.98 Å². The predicted molar refractivity (Wildman–Crippen MR) is 82.8 cm³/mol. The smallest absolute Gasteiger partial charge is 0.201 e. The fraction of sp³-hybridized carbons (Fsp3) is 0. The van der Waals surface area contributed by atoms with E-state index in [1.54, 1.807) is 60.7 Å². The molecule has 0 unspecified atom stereocenters. The van der Waals surface area contributed by atoms with Gasteiger partial charge in [0.25, 0.3) is 11.9 Å². The third-order valence-electron chi connectivity index (χ3n) is 3.23. The SMILES string of the molecule is Fc1nc(F)c(F)c(P(c2ccccc2)c2ccccc2)c1F. The number of hydrogen-bond acceptors (Lipinski definition) is 1. The molecule has 116 valence electrons. The van der Waals surface area contributed by atoms with Crippen molar-refractivity contribution < 1.29 is 17.6 Å². The van der Waals surface area contributed by atoms with E-state index in [1.807, 2.05) is 0 Å². The van der Waals surface area contributed by atoms with Gasteiger partial charge in [-0.3, -0.25) is 0 Å². The Morgan fingerprint density at radius 1 is 0.609 bits per heavy atom. The average Bonchev–Trinajstić information content (AvgIpc) is 2.58. The van der Waals surface area contributed by atoms with Gasteiger partial charge in [-0.15, -0.1) is 0 Å². The monoisotopic (exact) mass is 335 g/mol. The molecule has 0 aliphatic heterocycles. The maximum absolute atomic E-state index is 14.2. The van der Waals surface area contributed by atoms with Crippen molar-refractivity contribution >= 4 is 23.8 Å². The number of halogens is 4. The zero-order chi connectivity index (χ0) is 16.4. The van der Waals surface area contributed by atoms with Crippen LogP contribution < -0.4 is 15.9 Å². The Bertz CT molecular complexity index is 759. The van der Waals surface area contributed by atoms with Crippen LogP contribution in [0.15, 0.2) is 60.7 Å². The molecular weight excluding hydrogens is 325 g/mol. The Balaban J connectivity index is 2.30. The molecule has 0 atom stereocenters. The Morgan fingerprint density at radius 2 is 1.00 bits per heavy atom. The molecule has 1 aromatic heterocycles. The standard InChI is InChI=1S/C17H10F4NP/c18-13-15(14(19)17(21)22-16(13)20)23(11-7-3-1-4-8-11)12-9-5-2-6-10-12/h1-10H. The zero-order valence-corrected chi connectivity index (χ0v) is 12.6. The molecule has 0 N–H and O–H groups in total. The number of rotatable bonds is 3. The fourth-order valence-electron chi connectivity index (χ4n) is 2.23. The van der Waals surface area contributed by atoms with Crippen LogP contribution >= 0.6 is 7.92 Å². The van der Waals surface area contributed by atoms with Gasteiger partial charge in [-0.25, -0.2) is 8.78 Å². The summed E-state index contributed by atoms with van der Waals surface area (Å²) in [5.74, 6) is -6.19. The summed E-state index contributed by atoms with van der Waals surface area (Å²) >= 11 is 0. The Morgan fingerprint density at radius 3 is 1.39 bits per heavy atom. The Kier molecular flexibility index (Phi) is 4.39. The molecule has 0 spiro atoms. The van der Waals surface area contributed by atoms with Gasteiger partial charge < -0.3 is 0 Å². The third-order valence-corrected chi connectivity index (χ3v) is 5.70. The van der Waals surface area contributed by atoms with Crippen LogP contribution in [0.25, 0.3) is 0 Å². The molecule has 0 aliphatic carbocycles. The maximum Gasteiger partial charge on any atom is 0.252 e. The molecule has 1 nitrogen and oxygen atoms in total. The van der Waals surface area contributed by atoms with Crippen LogP contribution in [0, 0.1) is 23.5 Å². The molecule has 0 bridgehead atoms. The topological polar surface area (TPSA) is 12.9 Å². The van der Waals surface area contributed by atoms with Gasteiger partial charge in [0.15, 0.2) is 11.6 Å². The summed E-state index contributed by atoms with van der Waals surface area (Å²) in [5, 5.41) is 0.537. The zero-order valence-electron chi connectivity index (χ0n) is 11.7. The lowest BCUT2D eigenvalue weighted by molar-refractivity contribution is 0.415. The molecule has 2 aromatic carbocycles. The summed E-state index contributed by atoms with van der Waals surface area (Å²) in [6, 6.07) is 17.0. The molecule has 1 heterocycles. The molecular formula is C17H10F4NP. The van der Waals surface area contributed by atoms with Crippen LogP contribution in [0.3, 0.4) is 0 Å². The van der Waals surface area contributed by atoms with E-state index in [9.17, 15) is 17.6 Å². The number of aromatic nitrogens is 1. The van der Waals surface area contributed by atoms with Crippen molar-refractivity contribution in [1.82, 2.24) is 4.98 Å². The van der Waals surface area contributed by atoms with Crippen molar-refractivity contribution in [3.05, 3.63) is 84.2 Å². The molecule has 0 saturated heterocycles. The molecule has 0 fully saturated rings. The number of nitrogens with zero attached hydrogens (tertiary/aromatic N) is 1. The highest BCUT2D eigenvalue weighted by Crippen LogP contribution is 2.35. The largest absolute Gasteiger partial charge is 0.252 e. The Hall–Kier alpha value is -2.26. The van der Waals surface area contributed by atoms with Crippen LogP contribution in [0.2, 0.25) is 0 Å². The lowest BCUT2D eigenvalue weighted by atomic mass is 10.4. The summed E-state index contributed by atoms with van der Waals surface area (Å²) in [6.45, 7) is 0. The molecule has 6 heteroatoms. The predicted octanol–water partition coefficient (Wildman–Crippen LogP) is 3.40. The molecule has 3 rings (SSSR count). The fourth-order valence-corrected chi connectivity index (χ4v) is 4.57. The second-order valence-corrected chi connectivity index (χ2v) is 6.83. The summed E-state index contributed by atoms with van der Waals surface area (Å²) in [5.41, 5.74) is 0. The first-order chi connectivity index (χ1) is 11.1. The first-order valence-electron chi connectivity index (χ1n) is 6.70. The van der Waals surface area contributed by atoms with Crippen molar-refractivity contribution in [3.8, 4) is 0 Å². The molecule has 0 saturated carbocycles. The van der Waals surface area contributed by atoms with E-state index < -0.39 is 36.8 Å². The minimum Gasteiger partial charge on any atom is -0.201 e. The third kappa shape index (κ3) is 2.97. The van der Waals surface area contributed by atoms with Gasteiger partial charge in [0.05, 0.1) is 5.30 Å². The molecule has 0 aliphatic rings. The van der Waals surface area contributed by atoms with Crippen LogP contribution in [0.1, 0.15) is 0 Å². The van der Waals surface area contributed by atoms with Crippen LogP contribution in [0.4, 0.5) is 17.6 Å². The Labute approximate surface area is 131 Å². The van der Waals surface area contributed by atoms with E-state index in [4.69, 9.17) is 0 Å². The van der Waals surface area contributed by atoms with Crippen molar-refractivity contribution in [1.29, 1.82) is 0 Å². The number of benzene rings is 2. The highest BCUT2D eigenvalue weighted by Gasteiger charge is 2.29. The van der Waals surface area contributed by atoms with Crippen LogP contribution in [-0.4, -0.2) is 4.98 Å². The van der Waals surface area contributed by atoms with Crippen molar-refractivity contribution in [2.45, 2.75) is 0 Å². The maximum atomic E-state index is 14.2. The highest BCUT2D eigenvalue weighted by molar-refractivity contribution is 7.79. The summed E-state index contributed by atoms with van der Waals surface area (Å²) in [4.78, 5) is 2.63. The van der Waals surface area contributed by atoms with Crippen molar-refractivity contribution in [2.24, 2.45) is 0 Å². The van der Waals surface area contributed by atoms with Gasteiger partial charge in [-0.05, 0) is 18.5 Å². The normalized spacial score (nSPS) is 11.0. The minimum atomic E-state index is -1.79. The van der Waals surface area contributed by atoms with Crippen molar-refractivity contribution in [3.63, 3.8) is 0 Å².